The molecule has 0 saturated heterocycles. The van der Waals surface area contributed by atoms with Crippen LogP contribution in [-0.4, -0.2) is 38.0 Å². The van der Waals surface area contributed by atoms with E-state index in [-0.39, 0.29) is 5.91 Å². The summed E-state index contributed by atoms with van der Waals surface area (Å²) in [4.78, 5) is 20.7. The van der Waals surface area contributed by atoms with Crippen LogP contribution in [0.4, 0.5) is 17.1 Å². The van der Waals surface area contributed by atoms with Crippen molar-refractivity contribution in [3.05, 3.63) is 188 Å². The molecule has 0 radical (unpaired) electrons. The van der Waals surface area contributed by atoms with E-state index in [0.29, 0.717) is 10.5 Å². The number of amides is 1. The summed E-state index contributed by atoms with van der Waals surface area (Å²) >= 11 is 44.0. The predicted molar refractivity (Wildman–Crippen MR) is 358 cm³/mol. The van der Waals surface area contributed by atoms with Crippen LogP contribution in [0.3, 0.4) is 0 Å². The minimum absolute atomic E-state index is 0.0785. The van der Waals surface area contributed by atoms with Gasteiger partial charge in [-0.2, -0.15) is 0 Å². The van der Waals surface area contributed by atoms with Gasteiger partial charge in [-0.15, -0.1) is 22.7 Å². The second kappa shape index (κ2) is 31.4. The minimum atomic E-state index is -1.43. The van der Waals surface area contributed by atoms with Gasteiger partial charge in [0, 0.05) is 53.8 Å². The van der Waals surface area contributed by atoms with Gasteiger partial charge in [0.2, 0.25) is 5.91 Å². The van der Waals surface area contributed by atoms with Crippen molar-refractivity contribution in [2.24, 2.45) is 0 Å². The lowest BCUT2D eigenvalue weighted by atomic mass is 9.81. The molecule has 2 heterocycles. The molecular formula is C55H51BBr7Cl2N5O3S3. The van der Waals surface area contributed by atoms with Crippen LogP contribution < -0.4 is 21.8 Å². The molecule has 0 fully saturated rings. The Kier molecular flexibility index (Phi) is 27.2. The van der Waals surface area contributed by atoms with Crippen molar-refractivity contribution in [2.45, 2.75) is 62.3 Å². The zero-order valence-corrected chi connectivity index (χ0v) is 57.4. The normalized spacial score (nSPS) is 10.3. The highest BCUT2D eigenvalue weighted by atomic mass is 79.9. The highest BCUT2D eigenvalue weighted by Crippen LogP contribution is 2.36. The molecule has 0 aliphatic heterocycles. The Morgan fingerprint density at radius 2 is 0.947 bits per heavy atom. The number of anilines is 3. The Morgan fingerprint density at radius 3 is 1.38 bits per heavy atom. The molecule has 9 aromatic rings. The average molecular weight is 1570 g/mol. The molecule has 76 heavy (non-hydrogen) atoms. The van der Waals surface area contributed by atoms with E-state index < -0.39 is 7.12 Å². The predicted octanol–water partition coefficient (Wildman–Crippen LogP) is 19.8. The topological polar surface area (TPSA) is 133 Å². The van der Waals surface area contributed by atoms with E-state index in [4.69, 9.17) is 51.2 Å². The molecule has 0 unspecified atom stereocenters. The van der Waals surface area contributed by atoms with Gasteiger partial charge in [-0.1, -0.05) is 59.7 Å². The van der Waals surface area contributed by atoms with Gasteiger partial charge < -0.3 is 26.4 Å². The largest absolute Gasteiger partial charge is 0.488 e. The van der Waals surface area contributed by atoms with Crippen LogP contribution in [0.25, 0.3) is 31.6 Å². The Bertz CT molecular complexity index is 3370. The molecule has 1 amide bonds. The maximum atomic E-state index is 10.8. The number of hydrogen-bond acceptors (Lipinski definition) is 9. The summed E-state index contributed by atoms with van der Waals surface area (Å²) < 4.78 is 9.29. The Balaban J connectivity index is 0.000000200. The zero-order chi connectivity index (χ0) is 56.7. The standard InChI is InChI=1S/C15H12ClNS.C9H9Br2NO.C9H9Br2NS.C9H8BrNS.C7H7Br2N.C6H6BClO2/c1-9-6-13(11-4-3-5-12(16)8-11)15-14(7-9)18-10(2)17-15;2*1-5-3-7(10)9(8(11)4-5)12-6(2)13;1-5-3-7(10)9-8(4-5)12-6(2)11-9;1-4-2-5(8)7(10)6(9)3-4;8-6-3-1-2-5(4-6)7(9)10/h3-8H,1-2H3;2*3-4H,1-2H3,(H,12,13);3-4H,1-2H3;2-3H,10H2,1H3;1-4,9-10H. The van der Waals surface area contributed by atoms with Crippen molar-refractivity contribution in [3.63, 3.8) is 0 Å². The second-order valence-corrected chi connectivity index (χ2v) is 26.8. The zero-order valence-electron chi connectivity index (χ0n) is 42.4. The van der Waals surface area contributed by atoms with Gasteiger partial charge in [-0.3, -0.25) is 4.79 Å². The number of thiazole rings is 2. The summed E-state index contributed by atoms with van der Waals surface area (Å²) in [6, 6.07) is 35.0. The van der Waals surface area contributed by atoms with E-state index in [2.05, 4.69) is 176 Å². The number of thiocarbonyl (C=S) groups is 1. The van der Waals surface area contributed by atoms with Gasteiger partial charge in [0.1, 0.15) is 0 Å². The van der Waals surface area contributed by atoms with Gasteiger partial charge in [0.05, 0.1) is 52.5 Å². The Hall–Kier alpha value is -2.60. The van der Waals surface area contributed by atoms with E-state index >= 15 is 0 Å². The lowest BCUT2D eigenvalue weighted by Crippen LogP contribution is -2.29. The van der Waals surface area contributed by atoms with Crippen molar-refractivity contribution in [2.75, 3.05) is 16.4 Å². The number of nitrogens with two attached hydrogens (primary N) is 1. The van der Waals surface area contributed by atoms with Crippen molar-refractivity contribution < 1.29 is 14.8 Å². The van der Waals surface area contributed by atoms with Crippen molar-refractivity contribution in [3.8, 4) is 11.1 Å². The van der Waals surface area contributed by atoms with E-state index in [1.807, 2.05) is 96.1 Å². The number of aromatic nitrogens is 2. The molecule has 8 nitrogen and oxygen atoms in total. The number of aryl methyl sites for hydroxylation is 7. The molecule has 0 bridgehead atoms. The molecule has 398 valence electrons. The number of carbonyl (C=O) groups excluding carboxylic acids is 1. The number of fused-ring (bicyclic) bond motifs is 2. The molecular weight excluding hydrogens is 1520 g/mol. The fourth-order valence-corrected chi connectivity index (χ4v) is 14.6. The van der Waals surface area contributed by atoms with Crippen LogP contribution in [0.15, 0.2) is 141 Å². The number of halogens is 9. The van der Waals surface area contributed by atoms with Gasteiger partial charge >= 0.3 is 7.12 Å². The van der Waals surface area contributed by atoms with Crippen molar-refractivity contribution in [1.29, 1.82) is 0 Å². The van der Waals surface area contributed by atoms with Crippen LogP contribution in [-0.2, 0) is 4.79 Å². The average Bonchev–Trinajstić information content (AvgIpc) is 3.89. The summed E-state index contributed by atoms with van der Waals surface area (Å²) in [7, 11) is -1.43. The molecule has 2 aromatic heterocycles. The lowest BCUT2D eigenvalue weighted by molar-refractivity contribution is -0.114. The molecule has 0 atom stereocenters. The van der Waals surface area contributed by atoms with Gasteiger partial charge in [0.15, 0.2) is 0 Å². The van der Waals surface area contributed by atoms with Gasteiger partial charge in [0.25, 0.3) is 0 Å². The smallest absolute Gasteiger partial charge is 0.423 e. The van der Waals surface area contributed by atoms with Crippen LogP contribution in [0.1, 0.15) is 51.7 Å². The van der Waals surface area contributed by atoms with E-state index in [9.17, 15) is 4.79 Å². The SMILES string of the molecule is CC(=O)Nc1c(Br)cc(C)cc1Br.CC(=S)Nc1c(Br)cc(C)cc1Br.Cc1cc(-c2cccc(Cl)c2)c2nc(C)sc2c1.Cc1cc(Br)c(N)c(Br)c1.Cc1cc(Br)c2nc(C)sc2c1.OB(O)c1cccc(Cl)c1. The van der Waals surface area contributed by atoms with Crippen LogP contribution >= 0.6 is 170 Å². The van der Waals surface area contributed by atoms with Crippen molar-refractivity contribution >= 4 is 231 Å². The van der Waals surface area contributed by atoms with Gasteiger partial charge in [-0.25, -0.2) is 9.97 Å². The summed E-state index contributed by atoms with van der Waals surface area (Å²) in [6.45, 7) is 17.7. The number of nitrogens with one attached hydrogen (secondary N) is 2. The first kappa shape index (κ1) is 65.9. The molecule has 0 aliphatic carbocycles. The number of nitrogen functional groups attached to an aromatic ring is 1. The fraction of sp³-hybridized carbons (Fsp3) is 0.164. The summed E-state index contributed by atoms with van der Waals surface area (Å²) in [5.41, 5.74) is 19.1. The number of hydrogen-bond donors (Lipinski definition) is 5. The summed E-state index contributed by atoms with van der Waals surface area (Å²) in [5.74, 6) is -0.0785. The third kappa shape index (κ3) is 21.1. The minimum Gasteiger partial charge on any atom is -0.423 e. The lowest BCUT2D eigenvalue weighted by Gasteiger charge is -2.10. The Morgan fingerprint density at radius 1 is 0.553 bits per heavy atom. The molecule has 0 aliphatic rings. The first-order valence-corrected chi connectivity index (χ1v) is 30.9. The van der Waals surface area contributed by atoms with Crippen molar-refractivity contribution in [1.82, 2.24) is 9.97 Å². The first-order valence-electron chi connectivity index (χ1n) is 22.6. The molecule has 0 spiro atoms. The maximum Gasteiger partial charge on any atom is 0.488 e. The molecule has 6 N–H and O–H groups in total. The maximum absolute atomic E-state index is 10.8. The number of nitrogens with zero attached hydrogens (tertiary/aromatic N) is 2. The highest BCUT2D eigenvalue weighted by Gasteiger charge is 2.12. The molecule has 0 saturated carbocycles. The fourth-order valence-electron chi connectivity index (χ4n) is 6.75. The number of benzene rings is 7. The van der Waals surface area contributed by atoms with E-state index in [0.717, 1.165) is 96.1 Å². The third-order valence-electron chi connectivity index (χ3n) is 9.93. The third-order valence-corrected chi connectivity index (χ3v) is 16.8. The van der Waals surface area contributed by atoms with E-state index in [1.54, 1.807) is 40.9 Å². The summed E-state index contributed by atoms with van der Waals surface area (Å²) in [5, 5.41) is 26.6. The monoisotopic (exact) mass is 1560 g/mol. The van der Waals surface area contributed by atoms with E-state index in [1.165, 1.54) is 44.6 Å². The quantitative estimate of drug-likeness (QED) is 0.0668. The molecule has 9 rings (SSSR count). The first-order chi connectivity index (χ1) is 35.6. The Labute approximate surface area is 527 Å². The van der Waals surface area contributed by atoms with Crippen LogP contribution in [0, 0.1) is 48.5 Å². The highest BCUT2D eigenvalue weighted by molar-refractivity contribution is 9.12. The van der Waals surface area contributed by atoms with Crippen LogP contribution in [0.5, 0.6) is 0 Å². The molecule has 21 heteroatoms. The van der Waals surface area contributed by atoms with Crippen LogP contribution in [0.2, 0.25) is 10.0 Å². The molecule has 7 aromatic carbocycles. The number of rotatable bonds is 4. The van der Waals surface area contributed by atoms with Gasteiger partial charge in [-0.05, 0) is 291 Å². The second-order valence-electron chi connectivity index (χ2n) is 16.9. The summed E-state index contributed by atoms with van der Waals surface area (Å²) in [6.07, 6.45) is 0. The number of carbonyl (C=O) groups is 1.